The van der Waals surface area contributed by atoms with Crippen LogP contribution in [0.25, 0.3) is 0 Å². The Morgan fingerprint density at radius 2 is 1.89 bits per heavy atom. The van der Waals surface area contributed by atoms with Crippen molar-refractivity contribution in [2.45, 2.75) is 32.0 Å². The molecule has 0 aliphatic carbocycles. The van der Waals surface area contributed by atoms with E-state index < -0.39 is 23.8 Å². The van der Waals surface area contributed by atoms with E-state index in [1.165, 1.54) is 31.2 Å². The van der Waals surface area contributed by atoms with Crippen LogP contribution in [0, 0.1) is 5.82 Å². The molecule has 2 aromatic rings. The molecule has 0 unspecified atom stereocenters. The Morgan fingerprint density at radius 1 is 1.18 bits per heavy atom. The molecule has 1 fully saturated rings. The van der Waals surface area contributed by atoms with Crippen molar-refractivity contribution in [2.24, 2.45) is 0 Å². The van der Waals surface area contributed by atoms with Gasteiger partial charge in [-0.15, -0.1) is 0 Å². The maximum absolute atomic E-state index is 12.9. The lowest BCUT2D eigenvalue weighted by Gasteiger charge is -2.14. The fourth-order valence-electron chi connectivity index (χ4n) is 2.71. The molecular formula is C21H22FNO5. The predicted octanol–water partition coefficient (Wildman–Crippen LogP) is 3.57. The maximum atomic E-state index is 12.9. The molecule has 0 saturated carbocycles. The summed E-state index contributed by atoms with van der Waals surface area (Å²) < 4.78 is 29.2. The normalized spacial score (nSPS) is 17.0. The van der Waals surface area contributed by atoms with Gasteiger partial charge in [0.25, 0.3) is 5.91 Å². The van der Waals surface area contributed by atoms with E-state index in [0.717, 1.165) is 19.4 Å². The second-order valence-electron chi connectivity index (χ2n) is 6.51. The smallest absolute Gasteiger partial charge is 0.338 e. The van der Waals surface area contributed by atoms with Crippen molar-refractivity contribution in [1.82, 2.24) is 0 Å². The van der Waals surface area contributed by atoms with Crippen LogP contribution in [0.4, 0.5) is 10.1 Å². The van der Waals surface area contributed by atoms with E-state index in [2.05, 4.69) is 5.32 Å². The minimum Gasteiger partial charge on any atom is -0.491 e. The van der Waals surface area contributed by atoms with Gasteiger partial charge < -0.3 is 19.5 Å². The lowest BCUT2D eigenvalue weighted by molar-refractivity contribution is -0.123. The zero-order valence-corrected chi connectivity index (χ0v) is 15.5. The van der Waals surface area contributed by atoms with Gasteiger partial charge in [0.2, 0.25) is 0 Å². The van der Waals surface area contributed by atoms with Gasteiger partial charge in [-0.25, -0.2) is 9.18 Å². The van der Waals surface area contributed by atoms with E-state index >= 15 is 0 Å². The van der Waals surface area contributed by atoms with Crippen LogP contribution in [0.1, 0.15) is 30.1 Å². The quantitative estimate of drug-likeness (QED) is 0.736. The number of halogens is 1. The lowest BCUT2D eigenvalue weighted by atomic mass is 10.2. The number of benzene rings is 2. The largest absolute Gasteiger partial charge is 0.491 e. The highest BCUT2D eigenvalue weighted by atomic mass is 19.1. The number of ether oxygens (including phenoxy) is 3. The summed E-state index contributed by atoms with van der Waals surface area (Å²) in [6.45, 7) is 2.71. The number of hydrogen-bond donors (Lipinski definition) is 1. The molecule has 7 heteroatoms. The Labute approximate surface area is 162 Å². The molecule has 1 heterocycles. The third kappa shape index (κ3) is 5.53. The zero-order chi connectivity index (χ0) is 19.9. The summed E-state index contributed by atoms with van der Waals surface area (Å²) in [5.74, 6) is -0.890. The molecule has 0 bridgehead atoms. The summed E-state index contributed by atoms with van der Waals surface area (Å²) >= 11 is 0. The topological polar surface area (TPSA) is 73.9 Å². The molecular weight excluding hydrogens is 365 g/mol. The number of carbonyl (C=O) groups excluding carboxylic acids is 2. The molecule has 6 nitrogen and oxygen atoms in total. The minimum atomic E-state index is -1.01. The Hall–Kier alpha value is -2.93. The molecule has 1 saturated heterocycles. The maximum Gasteiger partial charge on any atom is 0.338 e. The number of esters is 1. The van der Waals surface area contributed by atoms with Gasteiger partial charge in [0.1, 0.15) is 18.2 Å². The standard InChI is InChI=1S/C21H22FNO5/c1-14(20(24)23-17-8-6-16(22)7-9-17)28-21(25)15-4-10-18(11-5-15)27-13-19-3-2-12-26-19/h4-11,14,19H,2-3,12-13H2,1H3,(H,23,24)/t14-,19+/m0/s1. The van der Waals surface area contributed by atoms with Gasteiger partial charge in [0.05, 0.1) is 11.7 Å². The Bertz CT molecular complexity index is 801. The first kappa shape index (κ1) is 19.8. The van der Waals surface area contributed by atoms with E-state index in [0.29, 0.717) is 23.6 Å². The predicted molar refractivity (Wildman–Crippen MR) is 101 cm³/mol. The lowest BCUT2D eigenvalue weighted by Crippen LogP contribution is -2.30. The van der Waals surface area contributed by atoms with Crippen LogP contribution in [0.3, 0.4) is 0 Å². The summed E-state index contributed by atoms with van der Waals surface area (Å²) in [5.41, 5.74) is 0.730. The van der Waals surface area contributed by atoms with Crippen molar-refractivity contribution in [2.75, 3.05) is 18.5 Å². The SMILES string of the molecule is C[C@H](OC(=O)c1ccc(OC[C@H]2CCCO2)cc1)C(=O)Nc1ccc(F)cc1. The molecule has 28 heavy (non-hydrogen) atoms. The van der Waals surface area contributed by atoms with E-state index in [1.807, 2.05) is 0 Å². The average Bonchev–Trinajstić information content (AvgIpc) is 3.22. The highest BCUT2D eigenvalue weighted by Crippen LogP contribution is 2.17. The molecule has 0 aromatic heterocycles. The van der Waals surface area contributed by atoms with Crippen LogP contribution in [-0.4, -0.2) is 37.3 Å². The first-order valence-electron chi connectivity index (χ1n) is 9.13. The van der Waals surface area contributed by atoms with E-state index in [9.17, 15) is 14.0 Å². The van der Waals surface area contributed by atoms with Crippen molar-refractivity contribution in [3.8, 4) is 5.75 Å². The summed E-state index contributed by atoms with van der Waals surface area (Å²) in [7, 11) is 0. The number of hydrogen-bond acceptors (Lipinski definition) is 5. The first-order valence-corrected chi connectivity index (χ1v) is 9.13. The van der Waals surface area contributed by atoms with Crippen molar-refractivity contribution in [3.05, 3.63) is 59.9 Å². The highest BCUT2D eigenvalue weighted by Gasteiger charge is 2.20. The number of anilines is 1. The number of amides is 1. The summed E-state index contributed by atoms with van der Waals surface area (Å²) in [6.07, 6.45) is 1.15. The van der Waals surface area contributed by atoms with Gasteiger partial charge in [-0.3, -0.25) is 4.79 Å². The molecule has 1 N–H and O–H groups in total. The number of rotatable bonds is 7. The summed E-state index contributed by atoms with van der Waals surface area (Å²) in [5, 5.41) is 2.56. The average molecular weight is 387 g/mol. The molecule has 2 atom stereocenters. The molecule has 0 spiro atoms. The van der Waals surface area contributed by atoms with E-state index in [1.54, 1.807) is 24.3 Å². The fraction of sp³-hybridized carbons (Fsp3) is 0.333. The third-order valence-corrected chi connectivity index (χ3v) is 4.31. The van der Waals surface area contributed by atoms with Gasteiger partial charge in [0.15, 0.2) is 6.10 Å². The second-order valence-corrected chi connectivity index (χ2v) is 6.51. The Morgan fingerprint density at radius 3 is 2.54 bits per heavy atom. The van der Waals surface area contributed by atoms with Gasteiger partial charge in [-0.2, -0.15) is 0 Å². The molecule has 2 aromatic carbocycles. The van der Waals surface area contributed by atoms with E-state index in [4.69, 9.17) is 14.2 Å². The van der Waals surface area contributed by atoms with Gasteiger partial charge in [-0.05, 0) is 68.3 Å². The van der Waals surface area contributed by atoms with Gasteiger partial charge >= 0.3 is 5.97 Å². The monoisotopic (exact) mass is 387 g/mol. The van der Waals surface area contributed by atoms with Crippen LogP contribution in [0.2, 0.25) is 0 Å². The summed E-state index contributed by atoms with van der Waals surface area (Å²) in [6, 6.07) is 11.8. The van der Waals surface area contributed by atoms with Crippen LogP contribution in [0.5, 0.6) is 5.75 Å². The summed E-state index contributed by atoms with van der Waals surface area (Å²) in [4.78, 5) is 24.3. The van der Waals surface area contributed by atoms with Gasteiger partial charge in [0, 0.05) is 12.3 Å². The highest BCUT2D eigenvalue weighted by molar-refractivity contribution is 5.97. The molecule has 3 rings (SSSR count). The molecule has 1 aliphatic rings. The number of nitrogens with one attached hydrogen (secondary N) is 1. The third-order valence-electron chi connectivity index (χ3n) is 4.31. The van der Waals surface area contributed by atoms with Crippen LogP contribution in [-0.2, 0) is 14.3 Å². The van der Waals surface area contributed by atoms with Crippen LogP contribution >= 0.6 is 0 Å². The number of carbonyl (C=O) groups is 2. The Kier molecular flexibility index (Phi) is 6.60. The minimum absolute atomic E-state index is 0.116. The zero-order valence-electron chi connectivity index (χ0n) is 15.5. The Balaban J connectivity index is 1.48. The first-order chi connectivity index (χ1) is 13.5. The van der Waals surface area contributed by atoms with E-state index in [-0.39, 0.29) is 6.10 Å². The van der Waals surface area contributed by atoms with Crippen molar-refractivity contribution < 1.29 is 28.2 Å². The van der Waals surface area contributed by atoms with Crippen molar-refractivity contribution in [1.29, 1.82) is 0 Å². The van der Waals surface area contributed by atoms with Crippen molar-refractivity contribution in [3.63, 3.8) is 0 Å². The second kappa shape index (κ2) is 9.32. The molecule has 148 valence electrons. The fourth-order valence-corrected chi connectivity index (χ4v) is 2.71. The molecule has 1 aliphatic heterocycles. The van der Waals surface area contributed by atoms with Crippen LogP contribution in [0.15, 0.2) is 48.5 Å². The van der Waals surface area contributed by atoms with Gasteiger partial charge in [-0.1, -0.05) is 0 Å². The van der Waals surface area contributed by atoms with Crippen LogP contribution < -0.4 is 10.1 Å². The molecule has 0 radical (unpaired) electrons. The molecule has 1 amide bonds. The van der Waals surface area contributed by atoms with Crippen molar-refractivity contribution >= 4 is 17.6 Å².